The zero-order valence-corrected chi connectivity index (χ0v) is 5.96. The van der Waals surface area contributed by atoms with Gasteiger partial charge in [0.15, 0.2) is 5.84 Å². The number of carbonyl (C=O) groups excluding carboxylic acids is 1. The van der Waals surface area contributed by atoms with Crippen LogP contribution in [0.15, 0.2) is 10.1 Å². The summed E-state index contributed by atoms with van der Waals surface area (Å²) in [7, 11) is 1.60. The highest BCUT2D eigenvalue weighted by molar-refractivity contribution is 6.39. The van der Waals surface area contributed by atoms with Gasteiger partial charge in [-0.05, 0) is 6.92 Å². The van der Waals surface area contributed by atoms with E-state index in [1.165, 1.54) is 0 Å². The van der Waals surface area contributed by atoms with E-state index in [0.29, 0.717) is 12.1 Å². The first-order valence-corrected chi connectivity index (χ1v) is 2.68. The molecule has 0 aliphatic rings. The minimum absolute atomic E-state index is 0.217. The number of amidine groups is 1. The quantitative estimate of drug-likeness (QED) is 0.232. The summed E-state index contributed by atoms with van der Waals surface area (Å²) in [5, 5.41) is 3.46. The van der Waals surface area contributed by atoms with E-state index in [1.54, 1.807) is 14.0 Å². The third kappa shape index (κ3) is 2.81. The fourth-order valence-electron chi connectivity index (χ4n) is 0.291. The van der Waals surface area contributed by atoms with E-state index < -0.39 is 0 Å². The van der Waals surface area contributed by atoms with E-state index in [0.717, 1.165) is 0 Å². The Morgan fingerprint density at radius 1 is 1.70 bits per heavy atom. The number of aliphatic imine (C=N–C) groups is 1. The number of hydrogen-bond donors (Lipinski definition) is 2. The molecular formula is C5H10N4O. The van der Waals surface area contributed by atoms with Crippen molar-refractivity contribution in [2.75, 3.05) is 7.05 Å². The molecule has 0 aromatic carbocycles. The average molecular weight is 142 g/mol. The van der Waals surface area contributed by atoms with E-state index >= 15 is 0 Å². The van der Waals surface area contributed by atoms with Gasteiger partial charge in [0, 0.05) is 7.05 Å². The molecule has 0 fully saturated rings. The van der Waals surface area contributed by atoms with Gasteiger partial charge in [-0.3, -0.25) is 9.79 Å². The Morgan fingerprint density at radius 2 is 2.30 bits per heavy atom. The molecule has 0 aliphatic heterocycles. The van der Waals surface area contributed by atoms with Crippen LogP contribution >= 0.6 is 0 Å². The van der Waals surface area contributed by atoms with Crippen molar-refractivity contribution in [2.45, 2.75) is 6.92 Å². The van der Waals surface area contributed by atoms with Gasteiger partial charge in [-0.1, -0.05) is 0 Å². The summed E-state index contributed by atoms with van der Waals surface area (Å²) in [5.41, 5.74) is 7.97. The van der Waals surface area contributed by atoms with Crippen LogP contribution < -0.4 is 11.2 Å². The Hall–Kier alpha value is -1.39. The molecule has 0 rings (SSSR count). The van der Waals surface area contributed by atoms with Gasteiger partial charge in [0.05, 0.1) is 5.71 Å². The van der Waals surface area contributed by atoms with Gasteiger partial charge in [0.2, 0.25) is 6.41 Å². The molecular weight excluding hydrogens is 132 g/mol. The number of hydrazone groups is 1. The summed E-state index contributed by atoms with van der Waals surface area (Å²) < 4.78 is 0. The topological polar surface area (TPSA) is 79.8 Å². The standard InChI is InChI=1S/C5H10N4O/c1-4(7-2)5(6)9-8-3-10/h3H,1-2H3,(H2,6,9)(H,8,10). The second kappa shape index (κ2) is 4.49. The van der Waals surface area contributed by atoms with Crippen molar-refractivity contribution in [1.29, 1.82) is 0 Å². The van der Waals surface area contributed by atoms with Gasteiger partial charge in [-0.25, -0.2) is 5.43 Å². The molecule has 3 N–H and O–H groups in total. The number of nitrogens with two attached hydrogens (primary N) is 1. The van der Waals surface area contributed by atoms with Crippen LogP contribution in [-0.4, -0.2) is 25.0 Å². The molecule has 0 aliphatic carbocycles. The van der Waals surface area contributed by atoms with Gasteiger partial charge < -0.3 is 5.73 Å². The van der Waals surface area contributed by atoms with Crippen molar-refractivity contribution in [1.82, 2.24) is 5.43 Å². The normalized spacial score (nSPS) is 13.0. The van der Waals surface area contributed by atoms with Crippen molar-refractivity contribution < 1.29 is 4.79 Å². The maximum atomic E-state index is 9.71. The van der Waals surface area contributed by atoms with Gasteiger partial charge in [-0.2, -0.15) is 5.10 Å². The van der Waals surface area contributed by atoms with Crippen molar-refractivity contribution >= 4 is 18.0 Å². The highest BCUT2D eigenvalue weighted by Gasteiger charge is 1.93. The zero-order valence-electron chi connectivity index (χ0n) is 5.96. The summed E-state index contributed by atoms with van der Waals surface area (Å²) in [6.45, 7) is 1.70. The Balaban J connectivity index is 4.05. The highest BCUT2D eigenvalue weighted by Crippen LogP contribution is 1.73. The molecule has 0 saturated heterocycles. The molecule has 10 heavy (non-hydrogen) atoms. The minimum atomic E-state index is 0.217. The van der Waals surface area contributed by atoms with Crippen LogP contribution in [0.5, 0.6) is 0 Å². The van der Waals surface area contributed by atoms with Gasteiger partial charge in [-0.15, -0.1) is 0 Å². The number of nitrogens with zero attached hydrogens (tertiary/aromatic N) is 2. The predicted octanol–water partition coefficient (Wildman–Crippen LogP) is -0.905. The Kier molecular flexibility index (Phi) is 3.86. The molecule has 0 aromatic heterocycles. The highest BCUT2D eigenvalue weighted by atomic mass is 16.1. The Morgan fingerprint density at radius 3 is 2.70 bits per heavy atom. The third-order valence-electron chi connectivity index (χ3n) is 0.944. The number of amides is 1. The minimum Gasteiger partial charge on any atom is -0.381 e. The average Bonchev–Trinajstić information content (AvgIpc) is 1.98. The number of hydrogen-bond acceptors (Lipinski definition) is 3. The molecule has 0 atom stereocenters. The van der Waals surface area contributed by atoms with Crippen LogP contribution in [0.1, 0.15) is 6.92 Å². The Labute approximate surface area is 59.0 Å². The van der Waals surface area contributed by atoms with E-state index in [2.05, 4.69) is 15.5 Å². The molecule has 0 aromatic rings. The van der Waals surface area contributed by atoms with Crippen LogP contribution in [0.3, 0.4) is 0 Å². The summed E-state index contributed by atoms with van der Waals surface area (Å²) in [6, 6.07) is 0. The van der Waals surface area contributed by atoms with E-state index in [1.807, 2.05) is 0 Å². The second-order valence-electron chi connectivity index (χ2n) is 1.55. The summed E-state index contributed by atoms with van der Waals surface area (Å²) in [4.78, 5) is 13.5. The van der Waals surface area contributed by atoms with Crippen molar-refractivity contribution in [3.8, 4) is 0 Å². The van der Waals surface area contributed by atoms with Crippen LogP contribution in [-0.2, 0) is 4.79 Å². The van der Waals surface area contributed by atoms with E-state index in [-0.39, 0.29) is 5.84 Å². The van der Waals surface area contributed by atoms with Crippen LogP contribution in [0.4, 0.5) is 0 Å². The number of nitrogens with one attached hydrogen (secondary N) is 1. The van der Waals surface area contributed by atoms with Crippen LogP contribution in [0, 0.1) is 0 Å². The van der Waals surface area contributed by atoms with Crippen LogP contribution in [0.25, 0.3) is 0 Å². The first-order valence-electron chi connectivity index (χ1n) is 2.68. The predicted molar refractivity (Wildman–Crippen MR) is 39.9 cm³/mol. The molecule has 0 bridgehead atoms. The fraction of sp³-hybridized carbons (Fsp3) is 0.400. The molecule has 0 spiro atoms. The fourth-order valence-corrected chi connectivity index (χ4v) is 0.291. The largest absolute Gasteiger partial charge is 0.381 e. The molecule has 56 valence electrons. The number of carbonyl (C=O) groups is 1. The Bertz CT molecular complexity index is 172. The van der Waals surface area contributed by atoms with Gasteiger partial charge in [0.1, 0.15) is 0 Å². The summed E-state index contributed by atoms with van der Waals surface area (Å²) in [5.74, 6) is 0.217. The second-order valence-corrected chi connectivity index (χ2v) is 1.55. The SMILES string of the molecule is CN=C(C)C(N)=NNC=O. The molecule has 1 amide bonds. The first kappa shape index (κ1) is 8.61. The molecule has 0 radical (unpaired) electrons. The maximum Gasteiger partial charge on any atom is 0.227 e. The molecule has 5 nitrogen and oxygen atoms in total. The lowest BCUT2D eigenvalue weighted by molar-refractivity contribution is -0.109. The number of rotatable bonds is 3. The van der Waals surface area contributed by atoms with E-state index in [9.17, 15) is 4.79 Å². The first-order chi connectivity index (χ1) is 4.72. The van der Waals surface area contributed by atoms with E-state index in [4.69, 9.17) is 5.73 Å². The molecule has 0 saturated carbocycles. The molecule has 5 heteroatoms. The molecule has 0 unspecified atom stereocenters. The van der Waals surface area contributed by atoms with Crippen molar-refractivity contribution in [3.05, 3.63) is 0 Å². The molecule has 0 heterocycles. The maximum absolute atomic E-state index is 9.71. The van der Waals surface area contributed by atoms with Crippen molar-refractivity contribution in [2.24, 2.45) is 15.8 Å². The monoisotopic (exact) mass is 142 g/mol. The summed E-state index contributed by atoms with van der Waals surface area (Å²) >= 11 is 0. The lowest BCUT2D eigenvalue weighted by Crippen LogP contribution is -2.24. The summed E-state index contributed by atoms with van der Waals surface area (Å²) in [6.07, 6.45) is 0.440. The van der Waals surface area contributed by atoms with Gasteiger partial charge in [0.25, 0.3) is 0 Å². The lowest BCUT2D eigenvalue weighted by atomic mass is 10.4. The zero-order chi connectivity index (χ0) is 7.98. The third-order valence-corrected chi connectivity index (χ3v) is 0.944. The van der Waals surface area contributed by atoms with Crippen LogP contribution in [0.2, 0.25) is 0 Å². The smallest absolute Gasteiger partial charge is 0.227 e. The van der Waals surface area contributed by atoms with Gasteiger partial charge >= 0.3 is 0 Å². The van der Waals surface area contributed by atoms with Crippen molar-refractivity contribution in [3.63, 3.8) is 0 Å². The lowest BCUT2D eigenvalue weighted by Gasteiger charge is -1.95.